The number of para-hydroxylation sites is 2. The summed E-state index contributed by atoms with van der Waals surface area (Å²) in [6.07, 6.45) is 0. The molecule has 2 aromatic heterocycles. The number of fused-ring (bicyclic) bond motifs is 8. The summed E-state index contributed by atoms with van der Waals surface area (Å²) in [4.78, 5) is 0. The summed E-state index contributed by atoms with van der Waals surface area (Å²) in [5.41, 5.74) is 8.20. The van der Waals surface area contributed by atoms with Crippen LogP contribution in [0.25, 0.3) is 76.9 Å². The molecule has 0 radical (unpaired) electrons. The second-order valence-corrected chi connectivity index (χ2v) is 10.3. The Labute approximate surface area is 220 Å². The highest BCUT2D eigenvalue weighted by Gasteiger charge is 2.17. The molecule has 0 bridgehead atoms. The molecule has 0 amide bonds. The first-order valence-corrected chi connectivity index (χ1v) is 13.1. The summed E-state index contributed by atoms with van der Waals surface area (Å²) in [5, 5.41) is 6.81. The van der Waals surface area contributed by atoms with Crippen molar-refractivity contribution in [3.63, 3.8) is 0 Å². The molecule has 0 N–H and O–H groups in total. The summed E-state index contributed by atoms with van der Waals surface area (Å²) in [7, 11) is 0. The fraction of sp³-hybridized carbons (Fsp3) is 0. The van der Waals surface area contributed by atoms with Gasteiger partial charge in [-0.25, -0.2) is 0 Å². The SMILES string of the molecule is Brc1cc2c(oc3cccc(-c4ccc(-c5cccc6c5oc5ccccc56)cc4)c32)c2ccccc12. The Morgan fingerprint density at radius 2 is 1.00 bits per heavy atom. The van der Waals surface area contributed by atoms with Gasteiger partial charge in [-0.2, -0.15) is 0 Å². The minimum Gasteiger partial charge on any atom is -0.455 e. The molecular weight excluding hydrogens is 520 g/mol. The molecule has 0 unspecified atom stereocenters. The van der Waals surface area contributed by atoms with Crippen molar-refractivity contribution in [1.29, 1.82) is 0 Å². The highest BCUT2D eigenvalue weighted by Crippen LogP contribution is 2.42. The molecule has 0 fully saturated rings. The van der Waals surface area contributed by atoms with E-state index in [-0.39, 0.29) is 0 Å². The largest absolute Gasteiger partial charge is 0.455 e. The summed E-state index contributed by atoms with van der Waals surface area (Å²) in [5.74, 6) is 0. The Morgan fingerprint density at radius 1 is 0.432 bits per heavy atom. The van der Waals surface area contributed by atoms with Gasteiger partial charge >= 0.3 is 0 Å². The molecule has 6 aromatic carbocycles. The number of benzene rings is 6. The molecule has 2 heterocycles. The van der Waals surface area contributed by atoms with E-state index in [4.69, 9.17) is 8.83 Å². The van der Waals surface area contributed by atoms with Crippen LogP contribution in [0.3, 0.4) is 0 Å². The van der Waals surface area contributed by atoms with Gasteiger partial charge in [0.05, 0.1) is 0 Å². The Hall–Kier alpha value is -4.34. The fourth-order valence-corrected chi connectivity index (χ4v) is 6.22. The van der Waals surface area contributed by atoms with Crippen LogP contribution < -0.4 is 0 Å². The van der Waals surface area contributed by atoms with Crippen LogP contribution in [0.15, 0.2) is 129 Å². The number of hydrogen-bond donors (Lipinski definition) is 0. The molecule has 0 atom stereocenters. The highest BCUT2D eigenvalue weighted by molar-refractivity contribution is 9.10. The monoisotopic (exact) mass is 538 g/mol. The van der Waals surface area contributed by atoms with Gasteiger partial charge in [0, 0.05) is 37.0 Å². The molecule has 37 heavy (non-hydrogen) atoms. The minimum atomic E-state index is 0.895. The van der Waals surface area contributed by atoms with Crippen LogP contribution in [0.5, 0.6) is 0 Å². The zero-order chi connectivity index (χ0) is 24.5. The second kappa shape index (κ2) is 7.83. The fourth-order valence-electron chi connectivity index (χ4n) is 5.65. The van der Waals surface area contributed by atoms with Gasteiger partial charge in [-0.15, -0.1) is 0 Å². The molecule has 0 saturated carbocycles. The van der Waals surface area contributed by atoms with Crippen LogP contribution in [-0.4, -0.2) is 0 Å². The van der Waals surface area contributed by atoms with Crippen molar-refractivity contribution < 1.29 is 8.83 Å². The third kappa shape index (κ3) is 3.04. The average Bonchev–Trinajstić information content (AvgIpc) is 3.52. The number of halogens is 1. The van der Waals surface area contributed by atoms with Crippen LogP contribution in [0, 0.1) is 0 Å². The molecule has 0 aliphatic heterocycles. The molecule has 8 aromatic rings. The van der Waals surface area contributed by atoms with Crippen molar-refractivity contribution in [2.75, 3.05) is 0 Å². The molecule has 0 aliphatic carbocycles. The van der Waals surface area contributed by atoms with Crippen molar-refractivity contribution in [1.82, 2.24) is 0 Å². The lowest BCUT2D eigenvalue weighted by atomic mass is 9.96. The lowest BCUT2D eigenvalue weighted by molar-refractivity contribution is 0.670. The highest BCUT2D eigenvalue weighted by atomic mass is 79.9. The van der Waals surface area contributed by atoms with Crippen molar-refractivity contribution >= 4 is 70.6 Å². The van der Waals surface area contributed by atoms with E-state index in [9.17, 15) is 0 Å². The van der Waals surface area contributed by atoms with E-state index in [1.807, 2.05) is 12.1 Å². The molecule has 174 valence electrons. The summed E-state index contributed by atoms with van der Waals surface area (Å²) in [6.45, 7) is 0. The first-order valence-electron chi connectivity index (χ1n) is 12.3. The maximum Gasteiger partial charge on any atom is 0.143 e. The Morgan fingerprint density at radius 3 is 1.84 bits per heavy atom. The lowest BCUT2D eigenvalue weighted by Crippen LogP contribution is -1.83. The van der Waals surface area contributed by atoms with Gasteiger partial charge in [0.2, 0.25) is 0 Å². The molecule has 8 rings (SSSR count). The summed E-state index contributed by atoms with van der Waals surface area (Å²) >= 11 is 3.79. The van der Waals surface area contributed by atoms with Crippen LogP contribution in [-0.2, 0) is 0 Å². The topological polar surface area (TPSA) is 26.3 Å². The Bertz CT molecular complexity index is 2150. The maximum atomic E-state index is 6.42. The third-order valence-electron chi connectivity index (χ3n) is 7.36. The number of furan rings is 2. The second-order valence-electron chi connectivity index (χ2n) is 9.42. The van der Waals surface area contributed by atoms with Crippen LogP contribution >= 0.6 is 15.9 Å². The standard InChI is InChI=1S/C34H19BrO2/c35-29-19-28-32-22(10-6-14-31(32)37-34(28)26-9-2-1-7-24(26)29)20-15-17-21(18-16-20)23-11-5-12-27-25-8-3-4-13-30(25)36-33(23)27/h1-19H. The normalized spacial score (nSPS) is 11.9. The van der Waals surface area contributed by atoms with Gasteiger partial charge in [0.15, 0.2) is 0 Å². The number of rotatable bonds is 2. The van der Waals surface area contributed by atoms with Crippen molar-refractivity contribution in [2.45, 2.75) is 0 Å². The van der Waals surface area contributed by atoms with Gasteiger partial charge in [-0.1, -0.05) is 113 Å². The molecule has 2 nitrogen and oxygen atoms in total. The first-order chi connectivity index (χ1) is 18.3. The molecule has 0 aliphatic rings. The van der Waals surface area contributed by atoms with E-state index in [1.54, 1.807) is 0 Å². The van der Waals surface area contributed by atoms with E-state index in [2.05, 4.69) is 119 Å². The van der Waals surface area contributed by atoms with E-state index < -0.39 is 0 Å². The van der Waals surface area contributed by atoms with Crippen LogP contribution in [0.2, 0.25) is 0 Å². The lowest BCUT2D eigenvalue weighted by Gasteiger charge is -2.07. The molecule has 0 spiro atoms. The predicted molar refractivity (Wildman–Crippen MR) is 157 cm³/mol. The van der Waals surface area contributed by atoms with Crippen LogP contribution in [0.1, 0.15) is 0 Å². The average molecular weight is 539 g/mol. The summed E-state index contributed by atoms with van der Waals surface area (Å²) in [6, 6.07) is 40.2. The van der Waals surface area contributed by atoms with E-state index in [0.717, 1.165) is 81.4 Å². The smallest absolute Gasteiger partial charge is 0.143 e. The van der Waals surface area contributed by atoms with Gasteiger partial charge in [-0.05, 0) is 40.3 Å². The van der Waals surface area contributed by atoms with Crippen LogP contribution in [0.4, 0.5) is 0 Å². The zero-order valence-corrected chi connectivity index (χ0v) is 21.3. The third-order valence-corrected chi connectivity index (χ3v) is 8.02. The van der Waals surface area contributed by atoms with Crippen molar-refractivity contribution in [3.05, 3.63) is 120 Å². The van der Waals surface area contributed by atoms with E-state index >= 15 is 0 Å². The maximum absolute atomic E-state index is 6.42. The predicted octanol–water partition coefficient (Wildman–Crippen LogP) is 10.7. The Balaban J connectivity index is 1.31. The quantitative estimate of drug-likeness (QED) is 0.218. The summed E-state index contributed by atoms with van der Waals surface area (Å²) < 4.78 is 13.8. The molecule has 3 heteroatoms. The Kier molecular flexibility index (Phi) is 4.40. The molecule has 0 saturated heterocycles. The number of hydrogen-bond acceptors (Lipinski definition) is 2. The van der Waals surface area contributed by atoms with Gasteiger partial charge in [0.25, 0.3) is 0 Å². The van der Waals surface area contributed by atoms with Gasteiger partial charge in [0.1, 0.15) is 22.3 Å². The minimum absolute atomic E-state index is 0.895. The molecular formula is C34H19BrO2. The van der Waals surface area contributed by atoms with E-state index in [1.165, 1.54) is 0 Å². The van der Waals surface area contributed by atoms with Crippen molar-refractivity contribution in [2.24, 2.45) is 0 Å². The van der Waals surface area contributed by atoms with Crippen molar-refractivity contribution in [3.8, 4) is 22.3 Å². The van der Waals surface area contributed by atoms with Gasteiger partial charge < -0.3 is 8.83 Å². The zero-order valence-electron chi connectivity index (χ0n) is 19.7. The van der Waals surface area contributed by atoms with Gasteiger partial charge in [-0.3, -0.25) is 0 Å². The van der Waals surface area contributed by atoms with E-state index in [0.29, 0.717) is 0 Å². The first kappa shape index (κ1) is 20.8.